The molecule has 0 saturated heterocycles. The predicted octanol–water partition coefficient (Wildman–Crippen LogP) is 2.65. The van der Waals surface area contributed by atoms with Gasteiger partial charge < -0.3 is 5.73 Å². The maximum absolute atomic E-state index is 13.7. The highest BCUT2D eigenvalue weighted by Gasteiger charge is 2.34. The molecule has 0 radical (unpaired) electrons. The zero-order chi connectivity index (χ0) is 13.9. The first-order valence-corrected chi connectivity index (χ1v) is 8.32. The van der Waals surface area contributed by atoms with E-state index < -0.39 is 26.9 Å². The molecule has 0 amide bonds. The zero-order valence-electron chi connectivity index (χ0n) is 10.9. The molecule has 2 rings (SSSR count). The van der Waals surface area contributed by atoms with Gasteiger partial charge in [-0.3, -0.25) is 0 Å². The third-order valence-corrected chi connectivity index (χ3v) is 6.12. The molecule has 1 aromatic rings. The van der Waals surface area contributed by atoms with E-state index in [0.717, 1.165) is 25.7 Å². The van der Waals surface area contributed by atoms with Crippen molar-refractivity contribution in [2.45, 2.75) is 54.7 Å². The number of hydrogen-bond donors (Lipinski definition) is 1. The quantitative estimate of drug-likeness (QED) is 0.908. The molecule has 3 nitrogen and oxygen atoms in total. The van der Waals surface area contributed by atoms with Crippen molar-refractivity contribution in [3.8, 4) is 0 Å². The van der Waals surface area contributed by atoms with Crippen molar-refractivity contribution in [1.82, 2.24) is 0 Å². The number of benzene rings is 1. The fourth-order valence-corrected chi connectivity index (χ4v) is 4.71. The first-order chi connectivity index (χ1) is 9.03. The number of rotatable bonds is 2. The summed E-state index contributed by atoms with van der Waals surface area (Å²) in [4.78, 5) is -0.212. The minimum atomic E-state index is -3.68. The Bertz CT molecular complexity index is 530. The van der Waals surface area contributed by atoms with Gasteiger partial charge in [0.05, 0.1) is 5.25 Å². The largest absolute Gasteiger partial charge is 0.327 e. The highest BCUT2D eigenvalue weighted by atomic mass is 32.2. The van der Waals surface area contributed by atoms with Gasteiger partial charge in [0.2, 0.25) is 0 Å². The van der Waals surface area contributed by atoms with Crippen molar-refractivity contribution < 1.29 is 12.8 Å². The van der Waals surface area contributed by atoms with Gasteiger partial charge in [-0.2, -0.15) is 0 Å². The molecular weight excluding hydrogens is 265 g/mol. The summed E-state index contributed by atoms with van der Waals surface area (Å²) >= 11 is 0. The van der Waals surface area contributed by atoms with E-state index >= 15 is 0 Å². The van der Waals surface area contributed by atoms with E-state index in [0.29, 0.717) is 12.8 Å². The lowest BCUT2D eigenvalue weighted by atomic mass is 9.97. The van der Waals surface area contributed by atoms with Crippen LogP contribution in [-0.2, 0) is 9.84 Å². The van der Waals surface area contributed by atoms with Crippen molar-refractivity contribution in [3.63, 3.8) is 0 Å². The maximum atomic E-state index is 13.7. The first-order valence-electron chi connectivity index (χ1n) is 6.77. The van der Waals surface area contributed by atoms with Gasteiger partial charge in [0, 0.05) is 6.04 Å². The van der Waals surface area contributed by atoms with Crippen LogP contribution in [-0.4, -0.2) is 19.7 Å². The van der Waals surface area contributed by atoms with Gasteiger partial charge in [0.25, 0.3) is 0 Å². The Morgan fingerprint density at radius 3 is 2.37 bits per heavy atom. The molecule has 1 aliphatic carbocycles. The lowest BCUT2D eigenvalue weighted by molar-refractivity contribution is 0.442. The SMILES string of the molecule is NC1CCCCCCC1S(=O)(=O)c1ccccc1F. The van der Waals surface area contributed by atoms with Crippen LogP contribution in [0.2, 0.25) is 0 Å². The molecule has 19 heavy (non-hydrogen) atoms. The lowest BCUT2D eigenvalue weighted by Gasteiger charge is -2.26. The van der Waals surface area contributed by atoms with Gasteiger partial charge in [-0.15, -0.1) is 0 Å². The first kappa shape index (κ1) is 14.5. The van der Waals surface area contributed by atoms with E-state index in [1.165, 1.54) is 18.2 Å². The van der Waals surface area contributed by atoms with Crippen LogP contribution < -0.4 is 5.73 Å². The Labute approximate surface area is 113 Å². The molecule has 5 heteroatoms. The van der Waals surface area contributed by atoms with Crippen LogP contribution in [0.1, 0.15) is 38.5 Å². The van der Waals surface area contributed by atoms with E-state index in [2.05, 4.69) is 0 Å². The van der Waals surface area contributed by atoms with E-state index in [9.17, 15) is 12.8 Å². The average molecular weight is 285 g/mol. The van der Waals surface area contributed by atoms with Gasteiger partial charge in [-0.05, 0) is 25.0 Å². The second kappa shape index (κ2) is 6.01. The third kappa shape index (κ3) is 3.15. The summed E-state index contributed by atoms with van der Waals surface area (Å²) in [7, 11) is -3.68. The Morgan fingerprint density at radius 2 is 1.68 bits per heavy atom. The Balaban J connectivity index is 2.34. The third-order valence-electron chi connectivity index (χ3n) is 3.80. The molecule has 2 N–H and O–H groups in total. The van der Waals surface area contributed by atoms with Gasteiger partial charge in [-0.1, -0.05) is 37.8 Å². The van der Waals surface area contributed by atoms with Gasteiger partial charge >= 0.3 is 0 Å². The molecule has 0 spiro atoms. The highest BCUT2D eigenvalue weighted by molar-refractivity contribution is 7.92. The second-order valence-corrected chi connectivity index (χ2v) is 7.30. The number of nitrogens with two attached hydrogens (primary N) is 1. The summed E-state index contributed by atoms with van der Waals surface area (Å²) in [6, 6.07) is 5.15. The molecular formula is C14H20FNO2S. The van der Waals surface area contributed by atoms with Crippen LogP contribution in [0.4, 0.5) is 4.39 Å². The molecule has 0 aromatic heterocycles. The smallest absolute Gasteiger partial charge is 0.185 e. The summed E-state index contributed by atoms with van der Waals surface area (Å²) in [6.07, 6.45) is 5.13. The molecule has 0 bridgehead atoms. The molecule has 106 valence electrons. The zero-order valence-corrected chi connectivity index (χ0v) is 11.7. The average Bonchev–Trinajstić information content (AvgIpc) is 2.34. The Hall–Kier alpha value is -0.940. The van der Waals surface area contributed by atoms with E-state index in [4.69, 9.17) is 5.73 Å². The predicted molar refractivity (Wildman–Crippen MR) is 73.1 cm³/mol. The van der Waals surface area contributed by atoms with Gasteiger partial charge in [0.1, 0.15) is 10.7 Å². The van der Waals surface area contributed by atoms with Crippen LogP contribution in [0.3, 0.4) is 0 Å². The fourth-order valence-electron chi connectivity index (χ4n) is 2.70. The molecule has 2 atom stereocenters. The van der Waals surface area contributed by atoms with E-state index in [1.54, 1.807) is 6.07 Å². The van der Waals surface area contributed by atoms with Crippen LogP contribution in [0, 0.1) is 5.82 Å². The topological polar surface area (TPSA) is 60.2 Å². The number of hydrogen-bond acceptors (Lipinski definition) is 3. The number of halogens is 1. The minimum absolute atomic E-state index is 0.212. The minimum Gasteiger partial charge on any atom is -0.327 e. The van der Waals surface area contributed by atoms with Gasteiger partial charge in [0.15, 0.2) is 9.84 Å². The highest BCUT2D eigenvalue weighted by Crippen LogP contribution is 2.28. The Morgan fingerprint density at radius 1 is 1.05 bits per heavy atom. The van der Waals surface area contributed by atoms with Crippen LogP contribution >= 0.6 is 0 Å². The number of sulfone groups is 1. The maximum Gasteiger partial charge on any atom is 0.185 e. The monoisotopic (exact) mass is 285 g/mol. The Kier molecular flexibility index (Phi) is 4.58. The molecule has 1 fully saturated rings. The van der Waals surface area contributed by atoms with Crippen LogP contribution in [0.25, 0.3) is 0 Å². The summed E-state index contributed by atoms with van der Waals surface area (Å²) in [5.41, 5.74) is 6.02. The second-order valence-electron chi connectivity index (χ2n) is 5.17. The molecule has 0 aliphatic heterocycles. The standard InChI is InChI=1S/C14H20FNO2S/c15-11-7-5-6-9-13(11)19(17,18)14-10-4-2-1-3-8-12(14)16/h5-7,9,12,14H,1-4,8,10,16H2. The summed E-state index contributed by atoms with van der Waals surface area (Å²) in [6.45, 7) is 0. The summed E-state index contributed by atoms with van der Waals surface area (Å²) in [5.74, 6) is -0.684. The fraction of sp³-hybridized carbons (Fsp3) is 0.571. The van der Waals surface area contributed by atoms with Crippen molar-refractivity contribution >= 4 is 9.84 Å². The van der Waals surface area contributed by atoms with Gasteiger partial charge in [-0.25, -0.2) is 12.8 Å². The van der Waals surface area contributed by atoms with Crippen molar-refractivity contribution in [2.75, 3.05) is 0 Å². The van der Waals surface area contributed by atoms with Crippen LogP contribution in [0.15, 0.2) is 29.2 Å². The normalized spacial score (nSPS) is 25.6. The van der Waals surface area contributed by atoms with Crippen LogP contribution in [0.5, 0.6) is 0 Å². The summed E-state index contributed by atoms with van der Waals surface area (Å²) in [5, 5.41) is -0.662. The lowest BCUT2D eigenvalue weighted by Crippen LogP contribution is -2.41. The van der Waals surface area contributed by atoms with Crippen molar-refractivity contribution in [1.29, 1.82) is 0 Å². The van der Waals surface area contributed by atoms with Crippen molar-refractivity contribution in [3.05, 3.63) is 30.1 Å². The van der Waals surface area contributed by atoms with E-state index in [1.807, 2.05) is 0 Å². The molecule has 1 aliphatic rings. The molecule has 0 heterocycles. The summed E-state index contributed by atoms with van der Waals surface area (Å²) < 4.78 is 38.9. The molecule has 2 unspecified atom stereocenters. The molecule has 1 aromatic carbocycles. The van der Waals surface area contributed by atoms with Crippen molar-refractivity contribution in [2.24, 2.45) is 5.73 Å². The van der Waals surface area contributed by atoms with E-state index in [-0.39, 0.29) is 4.90 Å². The molecule has 1 saturated carbocycles.